The first-order valence-electron chi connectivity index (χ1n) is 8.34. The number of hydrogen-bond acceptors (Lipinski definition) is 4. The van der Waals surface area contributed by atoms with E-state index in [2.05, 4.69) is 9.47 Å². The Balaban J connectivity index is 2.19. The Kier molecular flexibility index (Phi) is 5.96. The van der Waals surface area contributed by atoms with Gasteiger partial charge in [0.05, 0.1) is 11.4 Å². The molecule has 33 heavy (non-hydrogen) atoms. The fourth-order valence-electron chi connectivity index (χ4n) is 2.52. The van der Waals surface area contributed by atoms with E-state index in [4.69, 9.17) is 11.5 Å². The molecular formula is C19H8F10N2O2. The normalized spacial score (nSPS) is 11.6. The van der Waals surface area contributed by atoms with Gasteiger partial charge in [-0.3, -0.25) is 0 Å². The van der Waals surface area contributed by atoms with Crippen LogP contribution in [0.3, 0.4) is 0 Å². The molecule has 0 amide bonds. The number of anilines is 2. The van der Waals surface area contributed by atoms with Crippen molar-refractivity contribution in [2.24, 2.45) is 0 Å². The van der Waals surface area contributed by atoms with Gasteiger partial charge in [-0.1, -0.05) is 0 Å². The monoisotopic (exact) mass is 486 g/mol. The van der Waals surface area contributed by atoms with Crippen molar-refractivity contribution in [3.63, 3.8) is 0 Å². The first-order valence-corrected chi connectivity index (χ1v) is 8.34. The Morgan fingerprint density at radius 2 is 0.970 bits per heavy atom. The second-order valence-corrected chi connectivity index (χ2v) is 6.29. The van der Waals surface area contributed by atoms with E-state index < -0.39 is 86.8 Å². The van der Waals surface area contributed by atoms with Crippen molar-refractivity contribution in [2.45, 2.75) is 6.18 Å². The topological polar surface area (TPSA) is 70.5 Å². The number of ether oxygens (including phenoxy) is 2. The van der Waals surface area contributed by atoms with Gasteiger partial charge in [-0.15, -0.1) is 0 Å². The first-order chi connectivity index (χ1) is 15.2. The van der Waals surface area contributed by atoms with Crippen LogP contribution in [0.1, 0.15) is 5.56 Å². The average molecular weight is 486 g/mol. The molecule has 0 aliphatic rings. The van der Waals surface area contributed by atoms with Gasteiger partial charge in [-0.2, -0.15) is 22.0 Å². The molecule has 4 nitrogen and oxygen atoms in total. The Morgan fingerprint density at radius 1 is 0.545 bits per heavy atom. The van der Waals surface area contributed by atoms with Crippen molar-refractivity contribution in [2.75, 3.05) is 11.5 Å². The molecule has 4 N–H and O–H groups in total. The second kappa shape index (κ2) is 8.26. The molecule has 0 saturated heterocycles. The molecular weight excluding hydrogens is 478 g/mol. The van der Waals surface area contributed by atoms with Gasteiger partial charge >= 0.3 is 6.18 Å². The van der Waals surface area contributed by atoms with Crippen molar-refractivity contribution in [3.05, 3.63) is 70.5 Å². The van der Waals surface area contributed by atoms with E-state index in [1.54, 1.807) is 0 Å². The van der Waals surface area contributed by atoms with Gasteiger partial charge in [0.2, 0.25) is 23.1 Å². The Morgan fingerprint density at radius 3 is 1.39 bits per heavy atom. The molecule has 0 unspecified atom stereocenters. The highest BCUT2D eigenvalue weighted by atomic mass is 19.4. The van der Waals surface area contributed by atoms with Gasteiger partial charge in [0.25, 0.3) is 0 Å². The van der Waals surface area contributed by atoms with Crippen LogP contribution in [0.5, 0.6) is 23.0 Å². The number of rotatable bonds is 4. The summed E-state index contributed by atoms with van der Waals surface area (Å²) in [5, 5.41) is 0. The zero-order valence-corrected chi connectivity index (χ0v) is 15.6. The highest BCUT2D eigenvalue weighted by Crippen LogP contribution is 2.44. The van der Waals surface area contributed by atoms with Gasteiger partial charge < -0.3 is 20.9 Å². The molecule has 0 aliphatic heterocycles. The summed E-state index contributed by atoms with van der Waals surface area (Å²) in [5.74, 6) is -19.4. The zero-order chi connectivity index (χ0) is 24.8. The maximum absolute atomic E-state index is 14.3. The lowest BCUT2D eigenvalue weighted by atomic mass is 10.1. The summed E-state index contributed by atoms with van der Waals surface area (Å²) < 4.78 is 146. The standard InChI is InChI=1S/C19H8F10N2O2/c20-6-1-5(19(27,28)29)11(32-17-13(23)7(21)2-9(30)15(17)25)4-12(6)33-18-14(24)8(22)3-10(31)16(18)26/h1-4H,30-31H2. The molecule has 14 heteroatoms. The molecule has 0 aromatic heterocycles. The molecule has 0 aliphatic carbocycles. The highest BCUT2D eigenvalue weighted by Gasteiger charge is 2.37. The van der Waals surface area contributed by atoms with Crippen LogP contribution in [-0.2, 0) is 6.18 Å². The van der Waals surface area contributed by atoms with E-state index in [0.29, 0.717) is 0 Å². The second-order valence-electron chi connectivity index (χ2n) is 6.29. The van der Waals surface area contributed by atoms with Crippen molar-refractivity contribution >= 4 is 11.4 Å². The summed E-state index contributed by atoms with van der Waals surface area (Å²) in [6, 6.07) is 0.0933. The van der Waals surface area contributed by atoms with Gasteiger partial charge in [-0.05, 0) is 6.07 Å². The summed E-state index contributed by atoms with van der Waals surface area (Å²) >= 11 is 0. The summed E-state index contributed by atoms with van der Waals surface area (Å²) in [6.45, 7) is 0. The third-order valence-corrected chi connectivity index (χ3v) is 4.05. The van der Waals surface area contributed by atoms with E-state index in [9.17, 15) is 43.9 Å². The summed E-state index contributed by atoms with van der Waals surface area (Å²) in [5.41, 5.74) is 6.17. The maximum Gasteiger partial charge on any atom is 0.420 e. The van der Waals surface area contributed by atoms with Crippen LogP contribution in [0.4, 0.5) is 55.3 Å². The fraction of sp³-hybridized carbons (Fsp3) is 0.0526. The average Bonchev–Trinajstić information content (AvgIpc) is 2.72. The van der Waals surface area contributed by atoms with E-state index >= 15 is 0 Å². The molecule has 0 saturated carbocycles. The van der Waals surface area contributed by atoms with Crippen molar-refractivity contribution in [1.29, 1.82) is 0 Å². The molecule has 176 valence electrons. The van der Waals surface area contributed by atoms with Gasteiger partial charge in [0, 0.05) is 18.2 Å². The number of hydrogen-bond donors (Lipinski definition) is 2. The summed E-state index contributed by atoms with van der Waals surface area (Å²) in [6.07, 6.45) is -5.40. The number of nitrogens with two attached hydrogens (primary N) is 2. The lowest BCUT2D eigenvalue weighted by Gasteiger charge is -2.18. The number of halogens is 10. The van der Waals surface area contributed by atoms with E-state index in [1.165, 1.54) is 0 Å². The van der Waals surface area contributed by atoms with Crippen LogP contribution in [-0.4, -0.2) is 0 Å². The minimum Gasteiger partial charge on any atom is -0.450 e. The van der Waals surface area contributed by atoms with E-state index in [0.717, 1.165) is 0 Å². The number of nitrogen functional groups attached to an aromatic ring is 2. The molecule has 0 bridgehead atoms. The van der Waals surface area contributed by atoms with Gasteiger partial charge in [0.1, 0.15) is 11.3 Å². The van der Waals surface area contributed by atoms with Crippen LogP contribution in [0.25, 0.3) is 0 Å². The number of alkyl halides is 3. The highest BCUT2D eigenvalue weighted by molar-refractivity contribution is 5.53. The molecule has 0 radical (unpaired) electrons. The van der Waals surface area contributed by atoms with Crippen LogP contribution in [0.2, 0.25) is 0 Å². The molecule has 3 rings (SSSR count). The van der Waals surface area contributed by atoms with Crippen LogP contribution in [0.15, 0.2) is 24.3 Å². The fourth-order valence-corrected chi connectivity index (χ4v) is 2.52. The lowest BCUT2D eigenvalue weighted by molar-refractivity contribution is -0.138. The Bertz CT molecular complexity index is 1210. The lowest BCUT2D eigenvalue weighted by Crippen LogP contribution is -2.10. The smallest absolute Gasteiger partial charge is 0.420 e. The van der Waals surface area contributed by atoms with E-state index in [-0.39, 0.29) is 24.3 Å². The minimum atomic E-state index is -5.40. The van der Waals surface area contributed by atoms with Gasteiger partial charge in [0.15, 0.2) is 34.8 Å². The third-order valence-electron chi connectivity index (χ3n) is 4.05. The third kappa shape index (κ3) is 4.40. The van der Waals surface area contributed by atoms with Crippen LogP contribution >= 0.6 is 0 Å². The van der Waals surface area contributed by atoms with Crippen LogP contribution in [0, 0.1) is 40.7 Å². The minimum absolute atomic E-state index is 0.00188. The largest absolute Gasteiger partial charge is 0.450 e. The molecule has 0 heterocycles. The molecule has 0 fully saturated rings. The van der Waals surface area contributed by atoms with Crippen molar-refractivity contribution in [3.8, 4) is 23.0 Å². The zero-order valence-electron chi connectivity index (χ0n) is 15.6. The van der Waals surface area contributed by atoms with Gasteiger partial charge in [-0.25, -0.2) is 22.0 Å². The first kappa shape index (κ1) is 23.8. The maximum atomic E-state index is 14.3. The van der Waals surface area contributed by atoms with Crippen molar-refractivity contribution < 1.29 is 53.4 Å². The summed E-state index contributed by atoms with van der Waals surface area (Å²) in [7, 11) is 0. The molecule has 0 spiro atoms. The van der Waals surface area contributed by atoms with Crippen LogP contribution < -0.4 is 20.9 Å². The molecule has 0 atom stereocenters. The predicted octanol–water partition coefficient (Wildman–Crippen LogP) is 6.43. The summed E-state index contributed by atoms with van der Waals surface area (Å²) in [4.78, 5) is 0. The molecule has 3 aromatic rings. The molecule has 3 aromatic carbocycles. The quantitative estimate of drug-likeness (QED) is 0.254. The predicted molar refractivity (Wildman–Crippen MR) is 93.0 cm³/mol. The van der Waals surface area contributed by atoms with E-state index in [1.807, 2.05) is 0 Å². The Labute approximate surface area is 176 Å². The number of benzene rings is 3. The van der Waals surface area contributed by atoms with Crippen molar-refractivity contribution in [1.82, 2.24) is 0 Å². The Hall–Kier alpha value is -3.84. The SMILES string of the molecule is Nc1cc(F)c(F)c(Oc2cc(Oc3c(F)c(N)cc(F)c3F)c(C(F)(F)F)cc2F)c1F.